The molecular formula is C21H19ClN6OS3. The van der Waals surface area contributed by atoms with Gasteiger partial charge < -0.3 is 0 Å². The number of hydrogen-bond donors (Lipinski definition) is 1. The summed E-state index contributed by atoms with van der Waals surface area (Å²) >= 11 is 10.2. The second kappa shape index (κ2) is 11.0. The van der Waals surface area contributed by atoms with E-state index in [-0.39, 0.29) is 11.7 Å². The van der Waals surface area contributed by atoms with Crippen LogP contribution in [0.25, 0.3) is 5.69 Å². The summed E-state index contributed by atoms with van der Waals surface area (Å²) in [6.07, 6.45) is 0.746. The molecule has 0 saturated heterocycles. The topological polar surface area (TPSA) is 85.6 Å². The number of thioether (sulfide) groups is 2. The van der Waals surface area contributed by atoms with Crippen LogP contribution in [0.2, 0.25) is 5.02 Å². The van der Waals surface area contributed by atoms with Gasteiger partial charge in [-0.3, -0.25) is 14.7 Å². The molecule has 0 radical (unpaired) electrons. The molecule has 4 aromatic rings. The molecule has 0 aliphatic carbocycles. The van der Waals surface area contributed by atoms with Crippen molar-refractivity contribution < 1.29 is 4.79 Å². The third-order valence-corrected chi connectivity index (χ3v) is 7.52. The van der Waals surface area contributed by atoms with E-state index in [4.69, 9.17) is 11.6 Å². The number of carbonyl (C=O) groups excluding carboxylic acids is 1. The van der Waals surface area contributed by atoms with Crippen LogP contribution < -0.4 is 5.32 Å². The lowest BCUT2D eigenvalue weighted by Crippen LogP contribution is -2.14. The van der Waals surface area contributed by atoms with Gasteiger partial charge in [0.25, 0.3) is 0 Å². The maximum Gasteiger partial charge on any atom is 0.236 e. The zero-order chi connectivity index (χ0) is 22.3. The fourth-order valence-electron chi connectivity index (χ4n) is 2.79. The molecule has 164 valence electrons. The molecule has 2 heterocycles. The Kier molecular flexibility index (Phi) is 7.80. The summed E-state index contributed by atoms with van der Waals surface area (Å²) < 4.78 is 2.77. The Morgan fingerprint density at radius 1 is 1.03 bits per heavy atom. The maximum atomic E-state index is 12.5. The minimum Gasteiger partial charge on any atom is -0.300 e. The van der Waals surface area contributed by atoms with Gasteiger partial charge in [-0.2, -0.15) is 0 Å². The van der Waals surface area contributed by atoms with Gasteiger partial charge in [-0.1, -0.05) is 83.7 Å². The lowest BCUT2D eigenvalue weighted by Gasteiger charge is -2.08. The Morgan fingerprint density at radius 2 is 1.81 bits per heavy atom. The fraction of sp³-hybridized carbons (Fsp3) is 0.190. The third kappa shape index (κ3) is 5.89. The molecule has 0 aliphatic rings. The predicted octanol–water partition coefficient (Wildman–Crippen LogP) is 5.36. The Bertz CT molecular complexity index is 1180. The summed E-state index contributed by atoms with van der Waals surface area (Å²) in [7, 11) is 0. The second-order valence-corrected chi connectivity index (χ2v) is 10.1. The predicted molar refractivity (Wildman–Crippen MR) is 131 cm³/mol. The van der Waals surface area contributed by atoms with Crippen molar-refractivity contribution in [1.29, 1.82) is 0 Å². The highest BCUT2D eigenvalue weighted by molar-refractivity contribution is 8.00. The van der Waals surface area contributed by atoms with E-state index in [1.165, 1.54) is 23.1 Å². The number of hydrogen-bond acceptors (Lipinski definition) is 8. The maximum absolute atomic E-state index is 12.5. The van der Waals surface area contributed by atoms with Gasteiger partial charge in [0.15, 0.2) is 9.50 Å². The molecule has 11 heteroatoms. The molecule has 1 amide bonds. The van der Waals surface area contributed by atoms with Crippen molar-refractivity contribution in [3.8, 4) is 5.69 Å². The molecule has 1 N–H and O–H groups in total. The number of carbonyl (C=O) groups is 1. The van der Waals surface area contributed by atoms with E-state index >= 15 is 0 Å². The molecule has 2 aromatic carbocycles. The van der Waals surface area contributed by atoms with Crippen LogP contribution in [0.1, 0.15) is 18.3 Å². The quantitative estimate of drug-likeness (QED) is 0.243. The number of nitrogens with zero attached hydrogens (tertiary/aromatic N) is 5. The summed E-state index contributed by atoms with van der Waals surface area (Å²) in [5.74, 6) is 1.64. The molecule has 0 bridgehead atoms. The first kappa shape index (κ1) is 22.8. The summed E-state index contributed by atoms with van der Waals surface area (Å²) in [5, 5.41) is 21.4. The molecule has 0 unspecified atom stereocenters. The minimum atomic E-state index is -0.166. The largest absolute Gasteiger partial charge is 0.300 e. The van der Waals surface area contributed by atoms with Crippen molar-refractivity contribution in [2.45, 2.75) is 28.6 Å². The first-order valence-electron chi connectivity index (χ1n) is 9.75. The monoisotopic (exact) mass is 502 g/mol. The van der Waals surface area contributed by atoms with Gasteiger partial charge in [0.05, 0.1) is 5.75 Å². The van der Waals surface area contributed by atoms with Gasteiger partial charge in [0.1, 0.15) is 5.82 Å². The zero-order valence-corrected chi connectivity index (χ0v) is 20.3. The summed E-state index contributed by atoms with van der Waals surface area (Å²) in [5.41, 5.74) is 2.12. The van der Waals surface area contributed by atoms with Crippen LogP contribution in [0.15, 0.2) is 64.1 Å². The molecule has 0 saturated carbocycles. The molecule has 0 fully saturated rings. The van der Waals surface area contributed by atoms with Gasteiger partial charge in [0, 0.05) is 22.9 Å². The molecule has 32 heavy (non-hydrogen) atoms. The van der Waals surface area contributed by atoms with Gasteiger partial charge in [0.2, 0.25) is 11.0 Å². The van der Waals surface area contributed by atoms with Crippen LogP contribution in [0.4, 0.5) is 5.13 Å². The number of para-hydroxylation sites is 1. The highest BCUT2D eigenvalue weighted by atomic mass is 35.5. The van der Waals surface area contributed by atoms with Crippen molar-refractivity contribution in [2.75, 3.05) is 11.1 Å². The Labute approximate surface area is 203 Å². The van der Waals surface area contributed by atoms with Crippen molar-refractivity contribution >= 4 is 57.5 Å². The highest BCUT2D eigenvalue weighted by Gasteiger charge is 2.15. The molecule has 7 nitrogen and oxygen atoms in total. The second-order valence-electron chi connectivity index (χ2n) is 6.55. The number of anilines is 1. The highest BCUT2D eigenvalue weighted by Crippen LogP contribution is 2.29. The number of nitrogens with one attached hydrogen (secondary N) is 1. The van der Waals surface area contributed by atoms with Crippen molar-refractivity contribution in [3.63, 3.8) is 0 Å². The molecule has 0 atom stereocenters. The van der Waals surface area contributed by atoms with Gasteiger partial charge in [-0.15, -0.1) is 20.4 Å². The van der Waals surface area contributed by atoms with E-state index < -0.39 is 0 Å². The lowest BCUT2D eigenvalue weighted by atomic mass is 10.2. The molecule has 2 aromatic heterocycles. The van der Waals surface area contributed by atoms with Gasteiger partial charge in [-0.25, -0.2) is 0 Å². The average molecular weight is 503 g/mol. The van der Waals surface area contributed by atoms with E-state index in [0.717, 1.165) is 33.6 Å². The number of aromatic nitrogens is 5. The van der Waals surface area contributed by atoms with E-state index in [2.05, 4.69) is 25.7 Å². The molecular weight excluding hydrogens is 484 g/mol. The molecule has 4 rings (SSSR count). The first-order valence-corrected chi connectivity index (χ1v) is 12.9. The van der Waals surface area contributed by atoms with Crippen LogP contribution in [-0.4, -0.2) is 36.6 Å². The van der Waals surface area contributed by atoms with Crippen LogP contribution in [0, 0.1) is 0 Å². The van der Waals surface area contributed by atoms with Crippen molar-refractivity contribution in [3.05, 3.63) is 71.0 Å². The van der Waals surface area contributed by atoms with Crippen molar-refractivity contribution in [2.24, 2.45) is 0 Å². The van der Waals surface area contributed by atoms with E-state index in [1.54, 1.807) is 11.8 Å². The normalized spacial score (nSPS) is 10.9. The van der Waals surface area contributed by atoms with E-state index in [0.29, 0.717) is 15.3 Å². The van der Waals surface area contributed by atoms with Crippen LogP contribution in [0.5, 0.6) is 0 Å². The Balaban J connectivity index is 1.32. The van der Waals surface area contributed by atoms with Crippen LogP contribution in [0.3, 0.4) is 0 Å². The number of rotatable bonds is 9. The average Bonchev–Trinajstić information content (AvgIpc) is 3.44. The standard InChI is InChI=1S/C21H19ClN6OS3/c1-2-17-24-26-20(28(17)16-6-4-3-5-7-16)30-13-18(29)23-19-25-27-21(32-19)31-12-14-8-10-15(22)11-9-14/h3-11H,2,12-13H2,1H3,(H,23,25,29). The minimum absolute atomic E-state index is 0.166. The Hall–Kier alpha value is -2.40. The van der Waals surface area contributed by atoms with E-state index in [9.17, 15) is 4.79 Å². The van der Waals surface area contributed by atoms with Gasteiger partial charge in [-0.05, 0) is 29.8 Å². The number of halogens is 1. The Morgan fingerprint density at radius 3 is 2.56 bits per heavy atom. The summed E-state index contributed by atoms with van der Waals surface area (Å²) in [6, 6.07) is 17.6. The summed E-state index contributed by atoms with van der Waals surface area (Å²) in [4.78, 5) is 12.5. The molecule has 0 spiro atoms. The number of amides is 1. The van der Waals surface area contributed by atoms with Crippen LogP contribution >= 0.6 is 46.5 Å². The number of benzene rings is 2. The molecule has 0 aliphatic heterocycles. The fourth-order valence-corrected chi connectivity index (χ4v) is 5.41. The van der Waals surface area contributed by atoms with Gasteiger partial charge >= 0.3 is 0 Å². The summed E-state index contributed by atoms with van der Waals surface area (Å²) in [6.45, 7) is 2.03. The smallest absolute Gasteiger partial charge is 0.236 e. The zero-order valence-electron chi connectivity index (χ0n) is 17.1. The third-order valence-electron chi connectivity index (χ3n) is 4.29. The van der Waals surface area contributed by atoms with E-state index in [1.807, 2.05) is 66.1 Å². The van der Waals surface area contributed by atoms with Crippen LogP contribution in [-0.2, 0) is 17.0 Å². The first-order chi connectivity index (χ1) is 15.6. The SMILES string of the molecule is CCc1nnc(SCC(=O)Nc2nnc(SCc3ccc(Cl)cc3)s2)n1-c1ccccc1. The lowest BCUT2D eigenvalue weighted by molar-refractivity contribution is -0.113. The van der Waals surface area contributed by atoms with Crippen molar-refractivity contribution in [1.82, 2.24) is 25.0 Å². The number of aryl methyl sites for hydroxylation is 1.